The molecular formula is C14H13Cl2NO2S. The van der Waals surface area contributed by atoms with Crippen LogP contribution in [-0.4, -0.2) is 8.42 Å². The van der Waals surface area contributed by atoms with Crippen LogP contribution < -0.4 is 5.73 Å². The van der Waals surface area contributed by atoms with Gasteiger partial charge in [-0.05, 0) is 42.3 Å². The Labute approximate surface area is 128 Å². The van der Waals surface area contributed by atoms with Crippen molar-refractivity contribution in [1.29, 1.82) is 0 Å². The van der Waals surface area contributed by atoms with Crippen molar-refractivity contribution in [2.24, 2.45) is 0 Å². The van der Waals surface area contributed by atoms with E-state index in [9.17, 15) is 8.42 Å². The number of anilines is 1. The summed E-state index contributed by atoms with van der Waals surface area (Å²) < 4.78 is 24.9. The van der Waals surface area contributed by atoms with E-state index in [1.165, 1.54) is 6.07 Å². The summed E-state index contributed by atoms with van der Waals surface area (Å²) in [6.07, 6.45) is 0. The molecule has 0 unspecified atom stereocenters. The van der Waals surface area contributed by atoms with Gasteiger partial charge in [0, 0.05) is 15.7 Å². The molecule has 0 saturated carbocycles. The lowest BCUT2D eigenvalue weighted by Crippen LogP contribution is -2.08. The van der Waals surface area contributed by atoms with Gasteiger partial charge in [-0.2, -0.15) is 0 Å². The van der Waals surface area contributed by atoms with Crippen LogP contribution in [0, 0.1) is 6.92 Å². The zero-order valence-corrected chi connectivity index (χ0v) is 13.1. The highest BCUT2D eigenvalue weighted by Crippen LogP contribution is 2.28. The summed E-state index contributed by atoms with van der Waals surface area (Å²) in [6, 6.07) is 9.60. The lowest BCUT2D eigenvalue weighted by atomic mass is 10.2. The maximum absolute atomic E-state index is 12.5. The highest BCUT2D eigenvalue weighted by Gasteiger charge is 2.20. The number of hydrogen-bond donors (Lipinski definition) is 1. The smallest absolute Gasteiger partial charge is 0.182 e. The molecule has 0 aliphatic heterocycles. The fourth-order valence-corrected chi connectivity index (χ4v) is 4.13. The van der Waals surface area contributed by atoms with Crippen LogP contribution in [0.25, 0.3) is 0 Å². The summed E-state index contributed by atoms with van der Waals surface area (Å²) in [5.74, 6) is -0.187. The highest BCUT2D eigenvalue weighted by molar-refractivity contribution is 7.90. The predicted molar refractivity (Wildman–Crippen MR) is 82.9 cm³/mol. The SMILES string of the molecule is Cc1c(N)cccc1S(=O)(=O)Cc1ccc(Cl)cc1Cl. The van der Waals surface area contributed by atoms with Gasteiger partial charge in [0.2, 0.25) is 0 Å². The second-order valence-corrected chi connectivity index (χ2v) is 7.27. The van der Waals surface area contributed by atoms with Gasteiger partial charge in [0.25, 0.3) is 0 Å². The average molecular weight is 330 g/mol. The molecule has 2 aromatic rings. The Morgan fingerprint density at radius 1 is 1.15 bits per heavy atom. The van der Waals surface area contributed by atoms with Gasteiger partial charge in [-0.3, -0.25) is 0 Å². The van der Waals surface area contributed by atoms with Crippen molar-refractivity contribution in [2.45, 2.75) is 17.6 Å². The zero-order chi connectivity index (χ0) is 14.9. The molecule has 0 atom stereocenters. The summed E-state index contributed by atoms with van der Waals surface area (Å²) in [5.41, 5.74) is 7.27. The maximum Gasteiger partial charge on any atom is 0.182 e. The number of rotatable bonds is 3. The molecule has 0 saturated heterocycles. The molecule has 6 heteroatoms. The third kappa shape index (κ3) is 3.08. The summed E-state index contributed by atoms with van der Waals surface area (Å²) in [5, 5.41) is 0.805. The van der Waals surface area contributed by atoms with Crippen LogP contribution in [0.1, 0.15) is 11.1 Å². The number of halogens is 2. The Kier molecular flexibility index (Phi) is 4.28. The Morgan fingerprint density at radius 2 is 1.85 bits per heavy atom. The van der Waals surface area contributed by atoms with Crippen molar-refractivity contribution in [3.63, 3.8) is 0 Å². The number of sulfone groups is 1. The monoisotopic (exact) mass is 329 g/mol. The van der Waals surface area contributed by atoms with E-state index in [-0.39, 0.29) is 10.6 Å². The maximum atomic E-state index is 12.5. The van der Waals surface area contributed by atoms with Crippen LogP contribution in [0.2, 0.25) is 10.0 Å². The largest absolute Gasteiger partial charge is 0.398 e. The van der Waals surface area contributed by atoms with Gasteiger partial charge in [-0.15, -0.1) is 0 Å². The van der Waals surface area contributed by atoms with Gasteiger partial charge < -0.3 is 5.73 Å². The molecule has 0 radical (unpaired) electrons. The number of hydrogen-bond acceptors (Lipinski definition) is 3. The summed E-state index contributed by atoms with van der Waals surface area (Å²) >= 11 is 11.8. The Bertz CT molecular complexity index is 758. The highest BCUT2D eigenvalue weighted by atomic mass is 35.5. The van der Waals surface area contributed by atoms with Crippen LogP contribution in [0.3, 0.4) is 0 Å². The topological polar surface area (TPSA) is 60.2 Å². The lowest BCUT2D eigenvalue weighted by molar-refractivity contribution is 0.594. The van der Waals surface area contributed by atoms with Crippen LogP contribution in [0.5, 0.6) is 0 Å². The first kappa shape index (κ1) is 15.2. The quantitative estimate of drug-likeness (QED) is 0.870. The van der Waals surface area contributed by atoms with E-state index in [4.69, 9.17) is 28.9 Å². The minimum absolute atomic E-state index is 0.187. The zero-order valence-electron chi connectivity index (χ0n) is 10.7. The van der Waals surface area contributed by atoms with Gasteiger partial charge >= 0.3 is 0 Å². The Hall–Kier alpha value is -1.23. The van der Waals surface area contributed by atoms with Crippen LogP contribution in [-0.2, 0) is 15.6 Å². The fraction of sp³-hybridized carbons (Fsp3) is 0.143. The molecule has 2 N–H and O–H groups in total. The van der Waals surface area contributed by atoms with Crippen molar-refractivity contribution < 1.29 is 8.42 Å². The normalized spacial score (nSPS) is 11.6. The van der Waals surface area contributed by atoms with E-state index in [0.717, 1.165) is 0 Å². The van der Waals surface area contributed by atoms with E-state index in [2.05, 4.69) is 0 Å². The van der Waals surface area contributed by atoms with Crippen molar-refractivity contribution in [1.82, 2.24) is 0 Å². The Balaban J connectivity index is 2.44. The molecule has 0 bridgehead atoms. The molecule has 0 amide bonds. The van der Waals surface area contributed by atoms with E-state index < -0.39 is 9.84 Å². The van der Waals surface area contributed by atoms with Crippen molar-refractivity contribution >= 4 is 38.7 Å². The first-order valence-electron chi connectivity index (χ1n) is 5.83. The number of nitrogens with two attached hydrogens (primary N) is 1. The molecule has 0 spiro atoms. The fourth-order valence-electron chi connectivity index (χ4n) is 1.89. The summed E-state index contributed by atoms with van der Waals surface area (Å²) in [4.78, 5) is 0.225. The van der Waals surface area contributed by atoms with E-state index in [1.54, 1.807) is 37.3 Å². The standard InChI is InChI=1S/C14H13Cl2NO2S/c1-9-13(17)3-2-4-14(9)20(18,19)8-10-5-6-11(15)7-12(10)16/h2-7H,8,17H2,1H3. The van der Waals surface area contributed by atoms with E-state index >= 15 is 0 Å². The predicted octanol–water partition coefficient (Wildman–Crippen LogP) is 3.86. The van der Waals surface area contributed by atoms with Crippen molar-refractivity contribution in [3.05, 3.63) is 57.6 Å². The number of benzene rings is 2. The molecule has 0 aliphatic carbocycles. The first-order valence-corrected chi connectivity index (χ1v) is 8.24. The van der Waals surface area contributed by atoms with Gasteiger partial charge in [-0.25, -0.2) is 8.42 Å². The van der Waals surface area contributed by atoms with Crippen LogP contribution in [0.4, 0.5) is 5.69 Å². The Morgan fingerprint density at radius 3 is 2.50 bits per heavy atom. The molecule has 0 heterocycles. The second-order valence-electron chi connectivity index (χ2n) is 4.47. The molecular weight excluding hydrogens is 317 g/mol. The third-order valence-corrected chi connectivity index (χ3v) is 5.41. The first-order chi connectivity index (χ1) is 9.31. The van der Waals surface area contributed by atoms with Crippen LogP contribution in [0.15, 0.2) is 41.3 Å². The number of nitrogen functional groups attached to an aromatic ring is 1. The van der Waals surface area contributed by atoms with Crippen molar-refractivity contribution in [2.75, 3.05) is 5.73 Å². The van der Waals surface area contributed by atoms with Crippen LogP contribution >= 0.6 is 23.2 Å². The van der Waals surface area contributed by atoms with Gasteiger partial charge in [-0.1, -0.05) is 35.3 Å². The van der Waals surface area contributed by atoms with Crippen molar-refractivity contribution in [3.8, 4) is 0 Å². The molecule has 2 aromatic carbocycles. The molecule has 0 aromatic heterocycles. The van der Waals surface area contributed by atoms with Gasteiger partial charge in [0.1, 0.15) is 0 Å². The summed E-state index contributed by atoms with van der Waals surface area (Å²) in [6.45, 7) is 1.69. The molecule has 0 aliphatic rings. The molecule has 0 fully saturated rings. The molecule has 106 valence electrons. The molecule has 20 heavy (non-hydrogen) atoms. The molecule has 3 nitrogen and oxygen atoms in total. The molecule has 2 rings (SSSR count). The summed E-state index contributed by atoms with van der Waals surface area (Å²) in [7, 11) is -3.51. The van der Waals surface area contributed by atoms with Gasteiger partial charge in [0.15, 0.2) is 9.84 Å². The minimum Gasteiger partial charge on any atom is -0.398 e. The van der Waals surface area contributed by atoms with E-state index in [0.29, 0.717) is 26.9 Å². The lowest BCUT2D eigenvalue weighted by Gasteiger charge is -2.10. The third-order valence-electron chi connectivity index (χ3n) is 3.02. The van der Waals surface area contributed by atoms with Gasteiger partial charge in [0.05, 0.1) is 10.6 Å². The second kappa shape index (κ2) is 5.64. The average Bonchev–Trinajstić information content (AvgIpc) is 2.36. The van der Waals surface area contributed by atoms with E-state index in [1.807, 2.05) is 0 Å². The minimum atomic E-state index is -3.51.